The summed E-state index contributed by atoms with van der Waals surface area (Å²) < 4.78 is 10.8. The van der Waals surface area contributed by atoms with Gasteiger partial charge in [-0.1, -0.05) is 56.7 Å². The van der Waals surface area contributed by atoms with Crippen LogP contribution in [0.4, 0.5) is 4.79 Å². The minimum absolute atomic E-state index is 0.0604. The molecule has 4 rings (SSSR count). The Morgan fingerprint density at radius 3 is 2.41 bits per heavy atom. The van der Waals surface area contributed by atoms with Crippen LogP contribution in [0.5, 0.6) is 11.5 Å². The minimum atomic E-state index is -0.602. The van der Waals surface area contributed by atoms with Gasteiger partial charge >= 0.3 is 6.03 Å². The molecule has 2 fully saturated rings. The van der Waals surface area contributed by atoms with E-state index in [0.29, 0.717) is 44.0 Å². The number of methoxy groups -OCH3 is 2. The van der Waals surface area contributed by atoms with Gasteiger partial charge in [0.25, 0.3) is 0 Å². The monoisotopic (exact) mass is 537 g/mol. The zero-order chi connectivity index (χ0) is 27.9. The van der Waals surface area contributed by atoms with Crippen molar-refractivity contribution < 1.29 is 23.9 Å². The van der Waals surface area contributed by atoms with Crippen molar-refractivity contribution in [2.75, 3.05) is 40.4 Å². The van der Waals surface area contributed by atoms with Crippen molar-refractivity contribution in [3.8, 4) is 11.5 Å². The summed E-state index contributed by atoms with van der Waals surface area (Å²) in [5.74, 6) is 1.08. The highest BCUT2D eigenvalue weighted by atomic mass is 16.5. The summed E-state index contributed by atoms with van der Waals surface area (Å²) in [6.07, 6.45) is 1.30. The summed E-state index contributed by atoms with van der Waals surface area (Å²) in [6, 6.07) is 14.5. The molecule has 0 aliphatic carbocycles. The maximum atomic E-state index is 13.7. The molecule has 1 N–H and O–H groups in total. The minimum Gasteiger partial charge on any atom is -0.493 e. The van der Waals surface area contributed by atoms with E-state index < -0.39 is 12.2 Å². The van der Waals surface area contributed by atoms with Gasteiger partial charge in [0.1, 0.15) is 12.2 Å². The first-order chi connectivity index (χ1) is 18.9. The second-order valence-electron chi connectivity index (χ2n) is 9.78. The molecule has 0 saturated carbocycles. The highest BCUT2D eigenvalue weighted by molar-refractivity contribution is 5.91. The number of urea groups is 1. The third kappa shape index (κ3) is 6.11. The summed E-state index contributed by atoms with van der Waals surface area (Å²) in [6.45, 7) is 5.55. The Kier molecular flexibility index (Phi) is 9.29. The molecule has 2 aromatic rings. The molecule has 2 aromatic carbocycles. The number of nitrogens with zero attached hydrogens (tertiary/aromatic N) is 4. The van der Waals surface area contributed by atoms with Crippen molar-refractivity contribution in [1.29, 1.82) is 0 Å². The van der Waals surface area contributed by atoms with E-state index in [1.54, 1.807) is 34.0 Å². The summed E-state index contributed by atoms with van der Waals surface area (Å²) in [5.41, 5.74) is 1.99. The Morgan fingerprint density at radius 1 is 1.00 bits per heavy atom. The Bertz CT molecular complexity index is 1160. The average molecular weight is 538 g/mol. The number of hydrazine groups is 1. The third-order valence-electron chi connectivity index (χ3n) is 7.37. The Balaban J connectivity index is 1.57. The van der Waals surface area contributed by atoms with Crippen LogP contribution in [0.15, 0.2) is 48.5 Å². The van der Waals surface area contributed by atoms with Crippen LogP contribution in [0.25, 0.3) is 0 Å². The number of piperazine rings is 1. The molecule has 10 nitrogen and oxygen atoms in total. The van der Waals surface area contributed by atoms with Gasteiger partial charge < -0.3 is 24.6 Å². The fraction of sp³-hybridized carbons (Fsp3) is 0.483. The molecule has 0 unspecified atom stereocenters. The van der Waals surface area contributed by atoms with Crippen molar-refractivity contribution >= 4 is 17.8 Å². The highest BCUT2D eigenvalue weighted by Gasteiger charge is 2.50. The van der Waals surface area contributed by atoms with Gasteiger partial charge in [-0.15, -0.1) is 0 Å². The number of ether oxygens (including phenoxy) is 2. The van der Waals surface area contributed by atoms with Crippen LogP contribution >= 0.6 is 0 Å². The Hall–Kier alpha value is -3.79. The van der Waals surface area contributed by atoms with E-state index in [1.807, 2.05) is 62.4 Å². The summed E-state index contributed by atoms with van der Waals surface area (Å²) in [5, 5.41) is 6.43. The quantitative estimate of drug-likeness (QED) is 0.501. The second-order valence-corrected chi connectivity index (χ2v) is 9.78. The molecule has 4 amide bonds. The Labute approximate surface area is 230 Å². The molecule has 2 heterocycles. The number of hydrogen-bond donors (Lipinski definition) is 1. The summed E-state index contributed by atoms with van der Waals surface area (Å²) in [7, 11) is 3.19. The lowest BCUT2D eigenvalue weighted by atomic mass is 10.0. The molecule has 2 aliphatic rings. The van der Waals surface area contributed by atoms with Gasteiger partial charge in [0.05, 0.1) is 27.3 Å². The molecule has 10 heteroatoms. The maximum Gasteiger partial charge on any atom is 0.334 e. The molecule has 0 bridgehead atoms. The predicted molar refractivity (Wildman–Crippen MR) is 147 cm³/mol. The van der Waals surface area contributed by atoms with Gasteiger partial charge in [-0.3, -0.25) is 9.59 Å². The first-order valence-electron chi connectivity index (χ1n) is 13.6. The van der Waals surface area contributed by atoms with E-state index in [-0.39, 0.29) is 30.9 Å². The van der Waals surface area contributed by atoms with E-state index in [2.05, 4.69) is 5.32 Å². The number of benzene rings is 2. The molecule has 0 aromatic heterocycles. The number of carbonyl (C=O) groups excluding carboxylic acids is 3. The lowest BCUT2D eigenvalue weighted by molar-refractivity contribution is -0.190. The van der Waals surface area contributed by atoms with Crippen LogP contribution < -0.4 is 14.8 Å². The smallest absolute Gasteiger partial charge is 0.334 e. The fourth-order valence-electron chi connectivity index (χ4n) is 5.37. The maximum absolute atomic E-state index is 13.7. The molecule has 0 spiro atoms. The molecule has 2 aliphatic heterocycles. The van der Waals surface area contributed by atoms with Crippen LogP contribution in [-0.2, 0) is 22.6 Å². The Morgan fingerprint density at radius 2 is 1.74 bits per heavy atom. The lowest BCUT2D eigenvalue weighted by Gasteiger charge is -2.55. The number of hydrogen-bond acceptors (Lipinski definition) is 6. The number of likely N-dealkylation sites (N-methyl/N-ethyl adjacent to an activating group) is 1. The number of rotatable bonds is 10. The normalized spacial score (nSPS) is 19.6. The summed E-state index contributed by atoms with van der Waals surface area (Å²) in [4.78, 5) is 44.0. The third-order valence-corrected chi connectivity index (χ3v) is 7.37. The first-order valence-corrected chi connectivity index (χ1v) is 13.6. The van der Waals surface area contributed by atoms with Crippen LogP contribution in [0, 0.1) is 0 Å². The van der Waals surface area contributed by atoms with Gasteiger partial charge in [-0.25, -0.2) is 14.8 Å². The largest absolute Gasteiger partial charge is 0.493 e. The van der Waals surface area contributed by atoms with Crippen LogP contribution in [0.3, 0.4) is 0 Å². The topological polar surface area (TPSA) is 94.7 Å². The number of carbonyl (C=O) groups is 3. The van der Waals surface area contributed by atoms with Crippen LogP contribution in [0.2, 0.25) is 0 Å². The zero-order valence-corrected chi connectivity index (χ0v) is 23.3. The molecule has 0 radical (unpaired) electrons. The van der Waals surface area contributed by atoms with Crippen molar-refractivity contribution in [3.05, 3.63) is 59.7 Å². The molecular formula is C29H39N5O5. The van der Waals surface area contributed by atoms with E-state index in [4.69, 9.17) is 9.47 Å². The molecule has 210 valence electrons. The first kappa shape index (κ1) is 28.2. The number of nitrogens with one attached hydrogen (secondary N) is 1. The molecule has 2 saturated heterocycles. The van der Waals surface area contributed by atoms with Crippen molar-refractivity contribution in [2.45, 2.75) is 51.9 Å². The van der Waals surface area contributed by atoms with Crippen molar-refractivity contribution in [2.24, 2.45) is 0 Å². The van der Waals surface area contributed by atoms with Gasteiger partial charge in [-0.05, 0) is 36.1 Å². The standard InChI is InChI=1S/C29H39N5O5/c1-5-10-23-28(36)31(16-15-21-13-14-24(38-3)25(17-21)39-4)19-26-33(23)27(35)20-32(6-2)34(26)29(37)30-18-22-11-8-7-9-12-22/h7-9,11-14,17,23,26H,5-6,10,15-16,18-20H2,1-4H3,(H,30,37)/t23-,26-/m0/s1. The van der Waals surface area contributed by atoms with Crippen LogP contribution in [-0.4, -0.2) is 90.3 Å². The lowest BCUT2D eigenvalue weighted by Crippen LogP contribution is -2.76. The van der Waals surface area contributed by atoms with E-state index >= 15 is 0 Å². The predicted octanol–water partition coefficient (Wildman–Crippen LogP) is 2.87. The molecular weight excluding hydrogens is 498 g/mol. The van der Waals surface area contributed by atoms with Gasteiger partial charge in [0, 0.05) is 19.6 Å². The second kappa shape index (κ2) is 12.8. The molecule has 39 heavy (non-hydrogen) atoms. The van der Waals surface area contributed by atoms with Gasteiger partial charge in [0.2, 0.25) is 11.8 Å². The van der Waals surface area contributed by atoms with E-state index in [0.717, 1.165) is 17.5 Å². The van der Waals surface area contributed by atoms with Gasteiger partial charge in [-0.2, -0.15) is 0 Å². The number of fused-ring (bicyclic) bond motifs is 1. The SMILES string of the molecule is CCC[C@H]1C(=O)N(CCc2ccc(OC)c(OC)c2)C[C@H]2N1C(=O)CN(CC)N2C(=O)NCc1ccccc1. The zero-order valence-electron chi connectivity index (χ0n) is 23.3. The van der Waals surface area contributed by atoms with Crippen LogP contribution in [0.1, 0.15) is 37.8 Å². The highest BCUT2D eigenvalue weighted by Crippen LogP contribution is 2.30. The number of amides is 4. The van der Waals surface area contributed by atoms with E-state index in [1.165, 1.54) is 0 Å². The van der Waals surface area contributed by atoms with Gasteiger partial charge in [0.15, 0.2) is 11.5 Å². The summed E-state index contributed by atoms with van der Waals surface area (Å²) >= 11 is 0. The fourth-order valence-corrected chi connectivity index (χ4v) is 5.37. The average Bonchev–Trinajstić information content (AvgIpc) is 2.96. The van der Waals surface area contributed by atoms with Crippen molar-refractivity contribution in [3.63, 3.8) is 0 Å². The van der Waals surface area contributed by atoms with E-state index in [9.17, 15) is 14.4 Å². The van der Waals surface area contributed by atoms with Crippen molar-refractivity contribution in [1.82, 2.24) is 25.1 Å². The molecule has 2 atom stereocenters.